The lowest BCUT2D eigenvalue weighted by atomic mass is 10.4. The van der Waals surface area contributed by atoms with Gasteiger partial charge in [0.05, 0.1) is 12.8 Å². The SMILES string of the molecule is CCOC(=O)c1nnc(-n2cc(C)cn2)s1. The summed E-state index contributed by atoms with van der Waals surface area (Å²) >= 11 is 1.15. The summed E-state index contributed by atoms with van der Waals surface area (Å²) in [7, 11) is 0. The summed E-state index contributed by atoms with van der Waals surface area (Å²) < 4.78 is 6.40. The number of nitrogens with zero attached hydrogens (tertiary/aromatic N) is 4. The second-order valence-corrected chi connectivity index (χ2v) is 4.03. The Balaban J connectivity index is 2.22. The summed E-state index contributed by atoms with van der Waals surface area (Å²) in [6.45, 7) is 4.00. The molecule has 0 aliphatic heterocycles. The second-order valence-electron chi connectivity index (χ2n) is 3.07. The number of hydrogen-bond donors (Lipinski definition) is 0. The van der Waals surface area contributed by atoms with Crippen LogP contribution in [0, 0.1) is 6.92 Å². The van der Waals surface area contributed by atoms with Crippen LogP contribution in [-0.2, 0) is 4.74 Å². The molecule has 0 saturated carbocycles. The normalized spacial score (nSPS) is 10.4. The lowest BCUT2D eigenvalue weighted by molar-refractivity contribution is 0.0525. The van der Waals surface area contributed by atoms with Gasteiger partial charge >= 0.3 is 5.97 Å². The van der Waals surface area contributed by atoms with E-state index >= 15 is 0 Å². The van der Waals surface area contributed by atoms with Gasteiger partial charge in [-0.2, -0.15) is 5.10 Å². The number of aryl methyl sites for hydroxylation is 1. The Kier molecular flexibility index (Phi) is 2.95. The third kappa shape index (κ3) is 2.08. The molecule has 0 spiro atoms. The van der Waals surface area contributed by atoms with Crippen LogP contribution in [-0.4, -0.2) is 32.6 Å². The fraction of sp³-hybridized carbons (Fsp3) is 0.333. The zero-order chi connectivity index (χ0) is 11.5. The quantitative estimate of drug-likeness (QED) is 0.752. The summed E-state index contributed by atoms with van der Waals surface area (Å²) in [5, 5.41) is 12.5. The first kappa shape index (κ1) is 10.7. The molecule has 0 saturated heterocycles. The number of aromatic nitrogens is 4. The van der Waals surface area contributed by atoms with E-state index in [-0.39, 0.29) is 5.01 Å². The smallest absolute Gasteiger partial charge is 0.369 e. The van der Waals surface area contributed by atoms with E-state index in [0.717, 1.165) is 16.9 Å². The maximum atomic E-state index is 11.4. The Morgan fingerprint density at radius 1 is 1.56 bits per heavy atom. The molecule has 2 aromatic heterocycles. The number of carbonyl (C=O) groups is 1. The van der Waals surface area contributed by atoms with Crippen molar-refractivity contribution in [1.82, 2.24) is 20.0 Å². The van der Waals surface area contributed by atoms with E-state index in [1.807, 2.05) is 13.1 Å². The fourth-order valence-corrected chi connectivity index (χ4v) is 1.77. The third-order valence-corrected chi connectivity index (χ3v) is 2.67. The first-order valence-electron chi connectivity index (χ1n) is 4.73. The monoisotopic (exact) mass is 238 g/mol. The molecule has 0 fully saturated rings. The minimum atomic E-state index is -0.449. The number of esters is 1. The number of ether oxygens (including phenoxy) is 1. The van der Waals surface area contributed by atoms with Gasteiger partial charge in [0, 0.05) is 6.20 Å². The average molecular weight is 238 g/mol. The van der Waals surface area contributed by atoms with Gasteiger partial charge in [-0.05, 0) is 19.4 Å². The maximum absolute atomic E-state index is 11.4. The van der Waals surface area contributed by atoms with Gasteiger partial charge in [-0.1, -0.05) is 11.3 Å². The Morgan fingerprint density at radius 3 is 3.00 bits per heavy atom. The molecule has 84 valence electrons. The van der Waals surface area contributed by atoms with E-state index in [2.05, 4.69) is 15.3 Å². The van der Waals surface area contributed by atoms with E-state index in [0.29, 0.717) is 11.7 Å². The molecular formula is C9H10N4O2S. The second kappa shape index (κ2) is 4.40. The van der Waals surface area contributed by atoms with Gasteiger partial charge in [-0.15, -0.1) is 10.2 Å². The van der Waals surface area contributed by atoms with Crippen LogP contribution in [0.25, 0.3) is 5.13 Å². The summed E-state index contributed by atoms with van der Waals surface area (Å²) in [6, 6.07) is 0. The van der Waals surface area contributed by atoms with E-state index in [1.165, 1.54) is 0 Å². The van der Waals surface area contributed by atoms with E-state index in [1.54, 1.807) is 17.8 Å². The van der Waals surface area contributed by atoms with Crippen LogP contribution >= 0.6 is 11.3 Å². The Hall–Kier alpha value is -1.76. The zero-order valence-corrected chi connectivity index (χ0v) is 9.69. The van der Waals surface area contributed by atoms with Crippen LogP contribution in [0.1, 0.15) is 22.3 Å². The molecule has 0 unspecified atom stereocenters. The van der Waals surface area contributed by atoms with Crippen molar-refractivity contribution in [2.24, 2.45) is 0 Å². The van der Waals surface area contributed by atoms with Gasteiger partial charge in [-0.25, -0.2) is 9.48 Å². The van der Waals surface area contributed by atoms with E-state index in [4.69, 9.17) is 4.74 Å². The molecule has 2 aromatic rings. The predicted octanol–water partition coefficient (Wildman–Crippen LogP) is 1.21. The number of rotatable bonds is 3. The Morgan fingerprint density at radius 2 is 2.38 bits per heavy atom. The van der Waals surface area contributed by atoms with Crippen molar-refractivity contribution < 1.29 is 9.53 Å². The van der Waals surface area contributed by atoms with Crippen LogP contribution in [0.15, 0.2) is 12.4 Å². The number of carbonyl (C=O) groups excluding carboxylic acids is 1. The summed E-state index contributed by atoms with van der Waals surface area (Å²) in [6.07, 6.45) is 3.53. The first-order valence-corrected chi connectivity index (χ1v) is 5.54. The van der Waals surface area contributed by atoms with Crippen LogP contribution in [0.3, 0.4) is 0 Å². The molecule has 0 radical (unpaired) electrons. The van der Waals surface area contributed by atoms with Gasteiger partial charge in [0.25, 0.3) is 0 Å². The van der Waals surface area contributed by atoms with Crippen molar-refractivity contribution in [3.63, 3.8) is 0 Å². The topological polar surface area (TPSA) is 69.9 Å². The summed E-state index contributed by atoms with van der Waals surface area (Å²) in [5.41, 5.74) is 1.02. The molecule has 2 rings (SSSR count). The molecule has 6 nitrogen and oxygen atoms in total. The lowest BCUT2D eigenvalue weighted by Gasteiger charge is -1.94. The molecule has 7 heteroatoms. The molecule has 0 N–H and O–H groups in total. The van der Waals surface area contributed by atoms with Gasteiger partial charge in [0.2, 0.25) is 10.1 Å². The van der Waals surface area contributed by atoms with Crippen molar-refractivity contribution in [3.05, 3.63) is 23.0 Å². The standard InChI is InChI=1S/C9H10N4O2S/c1-3-15-8(14)7-11-12-9(16-7)13-5-6(2)4-10-13/h4-5H,3H2,1-2H3. The average Bonchev–Trinajstić information content (AvgIpc) is 2.85. The highest BCUT2D eigenvalue weighted by molar-refractivity contribution is 7.15. The zero-order valence-electron chi connectivity index (χ0n) is 8.88. The molecule has 0 atom stereocenters. The number of hydrogen-bond acceptors (Lipinski definition) is 6. The highest BCUT2D eigenvalue weighted by atomic mass is 32.1. The fourth-order valence-electron chi connectivity index (χ4n) is 1.10. The van der Waals surface area contributed by atoms with Gasteiger partial charge < -0.3 is 4.74 Å². The largest absolute Gasteiger partial charge is 0.461 e. The molecule has 0 aliphatic carbocycles. The molecule has 16 heavy (non-hydrogen) atoms. The van der Waals surface area contributed by atoms with Gasteiger partial charge in [0.1, 0.15) is 0 Å². The van der Waals surface area contributed by atoms with Crippen molar-refractivity contribution in [1.29, 1.82) is 0 Å². The summed E-state index contributed by atoms with van der Waals surface area (Å²) in [4.78, 5) is 11.4. The lowest BCUT2D eigenvalue weighted by Crippen LogP contribution is -2.03. The summed E-state index contributed by atoms with van der Waals surface area (Å²) in [5.74, 6) is -0.449. The van der Waals surface area contributed by atoms with E-state index in [9.17, 15) is 4.79 Å². The molecular weight excluding hydrogens is 228 g/mol. The first-order chi connectivity index (χ1) is 7.70. The third-order valence-electron chi connectivity index (χ3n) is 1.77. The van der Waals surface area contributed by atoms with Crippen LogP contribution in [0.5, 0.6) is 0 Å². The van der Waals surface area contributed by atoms with Gasteiger partial charge in [0.15, 0.2) is 0 Å². The van der Waals surface area contributed by atoms with Crippen LogP contribution in [0.4, 0.5) is 0 Å². The highest BCUT2D eigenvalue weighted by Crippen LogP contribution is 2.15. The Bertz CT molecular complexity index is 505. The highest BCUT2D eigenvalue weighted by Gasteiger charge is 2.14. The molecule has 0 amide bonds. The molecule has 2 heterocycles. The minimum Gasteiger partial charge on any atom is -0.461 e. The molecule has 0 bridgehead atoms. The minimum absolute atomic E-state index is 0.241. The van der Waals surface area contributed by atoms with Crippen molar-refractivity contribution in [2.45, 2.75) is 13.8 Å². The van der Waals surface area contributed by atoms with Crippen molar-refractivity contribution >= 4 is 17.3 Å². The Labute approximate surface area is 95.9 Å². The molecule has 0 aromatic carbocycles. The van der Waals surface area contributed by atoms with Crippen LogP contribution in [0.2, 0.25) is 0 Å². The predicted molar refractivity (Wildman–Crippen MR) is 57.7 cm³/mol. The van der Waals surface area contributed by atoms with Crippen LogP contribution < -0.4 is 0 Å². The van der Waals surface area contributed by atoms with E-state index < -0.39 is 5.97 Å². The molecule has 0 aliphatic rings. The van der Waals surface area contributed by atoms with Crippen molar-refractivity contribution in [3.8, 4) is 5.13 Å². The van der Waals surface area contributed by atoms with Crippen molar-refractivity contribution in [2.75, 3.05) is 6.61 Å². The maximum Gasteiger partial charge on any atom is 0.369 e. The van der Waals surface area contributed by atoms with Gasteiger partial charge in [-0.3, -0.25) is 0 Å².